The molecule has 0 saturated heterocycles. The summed E-state index contributed by atoms with van der Waals surface area (Å²) in [4.78, 5) is 15.3. The van der Waals surface area contributed by atoms with Crippen molar-refractivity contribution in [3.8, 4) is 0 Å². The van der Waals surface area contributed by atoms with Gasteiger partial charge in [-0.3, -0.25) is 4.79 Å². The van der Waals surface area contributed by atoms with Crippen molar-refractivity contribution < 1.29 is 9.32 Å². The smallest absolute Gasteiger partial charge is 0.213 e. The van der Waals surface area contributed by atoms with Gasteiger partial charge in [-0.05, 0) is 25.4 Å². The summed E-state index contributed by atoms with van der Waals surface area (Å²) in [6, 6.07) is 0. The summed E-state index contributed by atoms with van der Waals surface area (Å²) < 4.78 is 8.74. The second kappa shape index (κ2) is 4.40. The average Bonchev–Trinajstić information content (AvgIpc) is 2.83. The lowest BCUT2D eigenvalue weighted by Gasteiger charge is -2.01. The third-order valence-electron chi connectivity index (χ3n) is 2.03. The van der Waals surface area contributed by atoms with Gasteiger partial charge < -0.3 is 9.84 Å². The molecule has 0 atom stereocenters. The van der Waals surface area contributed by atoms with E-state index < -0.39 is 0 Å². The quantitative estimate of drug-likeness (QED) is 0.816. The van der Waals surface area contributed by atoms with Crippen LogP contribution < -0.4 is 5.32 Å². The summed E-state index contributed by atoms with van der Waals surface area (Å²) >= 11 is 1.26. The Kier molecular flexibility index (Phi) is 2.95. The summed E-state index contributed by atoms with van der Waals surface area (Å²) in [5, 5.41) is 7.48. The van der Waals surface area contributed by atoms with E-state index in [9.17, 15) is 4.79 Å². The third-order valence-corrected chi connectivity index (χ3v) is 2.92. The zero-order valence-corrected chi connectivity index (χ0v) is 9.67. The first-order chi connectivity index (χ1) is 7.68. The van der Waals surface area contributed by atoms with E-state index in [1.807, 2.05) is 6.92 Å². The average molecular weight is 238 g/mol. The maximum atomic E-state index is 11.4. The fourth-order valence-electron chi connectivity index (χ4n) is 1.33. The van der Waals surface area contributed by atoms with Crippen molar-refractivity contribution in [3.05, 3.63) is 23.5 Å². The van der Waals surface area contributed by atoms with Gasteiger partial charge in [0, 0.05) is 0 Å². The Bertz CT molecular complexity index is 492. The molecule has 2 rings (SSSR count). The molecule has 16 heavy (non-hydrogen) atoms. The number of anilines is 1. The largest absolute Gasteiger partial charge is 0.368 e. The molecule has 0 aliphatic heterocycles. The molecule has 6 nitrogen and oxygen atoms in total. The van der Waals surface area contributed by atoms with E-state index in [1.54, 1.807) is 0 Å². The van der Waals surface area contributed by atoms with E-state index in [0.717, 1.165) is 10.7 Å². The Morgan fingerprint density at radius 1 is 1.62 bits per heavy atom. The van der Waals surface area contributed by atoms with Gasteiger partial charge >= 0.3 is 0 Å². The topological polar surface area (TPSA) is 80.9 Å². The number of nitrogens with zero attached hydrogens (tertiary/aromatic N) is 3. The zero-order chi connectivity index (χ0) is 11.5. The molecule has 0 aromatic carbocycles. The molecule has 7 heteroatoms. The predicted molar refractivity (Wildman–Crippen MR) is 58.5 cm³/mol. The number of hydrogen-bond donors (Lipinski definition) is 1. The molecule has 84 valence electrons. The van der Waals surface area contributed by atoms with Crippen LogP contribution in [0.1, 0.15) is 28.8 Å². The standard InChI is InChI=1S/C9H10N4O2S/c1-5-8(6(2)14)9(16-13-5)10-3-7-11-4-15-12-7/h4,10H,3H2,1-2H3. The van der Waals surface area contributed by atoms with Crippen molar-refractivity contribution in [3.63, 3.8) is 0 Å². The lowest BCUT2D eigenvalue weighted by atomic mass is 10.2. The van der Waals surface area contributed by atoms with Crippen LogP contribution in [0.3, 0.4) is 0 Å². The van der Waals surface area contributed by atoms with Gasteiger partial charge in [0.1, 0.15) is 5.00 Å². The molecular weight excluding hydrogens is 228 g/mol. The van der Waals surface area contributed by atoms with E-state index in [-0.39, 0.29) is 5.78 Å². The van der Waals surface area contributed by atoms with Crippen molar-refractivity contribution in [2.24, 2.45) is 0 Å². The first-order valence-corrected chi connectivity index (χ1v) is 5.42. The van der Waals surface area contributed by atoms with Crippen LogP contribution in [0.15, 0.2) is 10.9 Å². The van der Waals surface area contributed by atoms with Gasteiger partial charge in [0.2, 0.25) is 6.39 Å². The summed E-state index contributed by atoms with van der Waals surface area (Å²) in [6.07, 6.45) is 1.26. The van der Waals surface area contributed by atoms with Gasteiger partial charge in [-0.2, -0.15) is 9.36 Å². The number of aromatic nitrogens is 3. The SMILES string of the molecule is CC(=O)c1c(C)nsc1NCc1ncon1. The number of nitrogens with one attached hydrogen (secondary N) is 1. The molecule has 0 amide bonds. The van der Waals surface area contributed by atoms with E-state index in [4.69, 9.17) is 0 Å². The van der Waals surface area contributed by atoms with Crippen LogP contribution in [0.2, 0.25) is 0 Å². The Morgan fingerprint density at radius 3 is 3.06 bits per heavy atom. The summed E-state index contributed by atoms with van der Waals surface area (Å²) in [5.41, 5.74) is 1.38. The van der Waals surface area contributed by atoms with Crippen LogP contribution in [0.25, 0.3) is 0 Å². The van der Waals surface area contributed by atoms with Crippen LogP contribution in [-0.2, 0) is 6.54 Å². The molecule has 0 spiro atoms. The number of aryl methyl sites for hydroxylation is 1. The molecule has 0 fully saturated rings. The van der Waals surface area contributed by atoms with Gasteiger partial charge in [-0.25, -0.2) is 0 Å². The van der Waals surface area contributed by atoms with Crippen LogP contribution in [0, 0.1) is 6.92 Å². The molecule has 0 radical (unpaired) electrons. The predicted octanol–water partition coefficient (Wildman–Crippen LogP) is 1.65. The first-order valence-electron chi connectivity index (χ1n) is 4.65. The fourth-order valence-corrected chi connectivity index (χ4v) is 2.17. The van der Waals surface area contributed by atoms with E-state index in [2.05, 4.69) is 24.4 Å². The fraction of sp³-hybridized carbons (Fsp3) is 0.333. The Balaban J connectivity index is 2.13. The molecule has 0 saturated carbocycles. The van der Waals surface area contributed by atoms with Crippen LogP contribution in [0.5, 0.6) is 0 Å². The molecular formula is C9H10N4O2S. The van der Waals surface area contributed by atoms with Gasteiger partial charge in [-0.1, -0.05) is 5.16 Å². The van der Waals surface area contributed by atoms with E-state index in [0.29, 0.717) is 17.9 Å². The monoisotopic (exact) mass is 238 g/mol. The van der Waals surface area contributed by atoms with Crippen LogP contribution in [0.4, 0.5) is 5.00 Å². The summed E-state index contributed by atoms with van der Waals surface area (Å²) in [5.74, 6) is 0.544. The second-order valence-electron chi connectivity index (χ2n) is 3.23. The Labute approximate surface area is 95.8 Å². The van der Waals surface area contributed by atoms with Crippen LogP contribution in [-0.4, -0.2) is 20.3 Å². The Hall–Kier alpha value is -1.76. The van der Waals surface area contributed by atoms with Crippen molar-refractivity contribution in [2.45, 2.75) is 20.4 Å². The molecule has 0 bridgehead atoms. The Morgan fingerprint density at radius 2 is 2.44 bits per heavy atom. The normalized spacial score (nSPS) is 10.4. The third kappa shape index (κ3) is 2.08. The van der Waals surface area contributed by atoms with Gasteiger partial charge in [-0.15, -0.1) is 0 Å². The number of ketones is 1. The lowest BCUT2D eigenvalue weighted by molar-refractivity contribution is 0.101. The van der Waals surface area contributed by atoms with Crippen molar-refractivity contribution >= 4 is 22.3 Å². The number of hydrogen-bond acceptors (Lipinski definition) is 7. The molecule has 1 N–H and O–H groups in total. The minimum Gasteiger partial charge on any atom is -0.368 e. The maximum Gasteiger partial charge on any atom is 0.213 e. The highest BCUT2D eigenvalue weighted by atomic mass is 32.1. The number of Topliss-reactive ketones (excluding diaryl/α,β-unsaturated/α-hetero) is 1. The summed E-state index contributed by atoms with van der Waals surface area (Å²) in [7, 11) is 0. The molecule has 0 aliphatic carbocycles. The minimum atomic E-state index is 0.00172. The van der Waals surface area contributed by atoms with Crippen molar-refractivity contribution in [2.75, 3.05) is 5.32 Å². The zero-order valence-electron chi connectivity index (χ0n) is 8.85. The lowest BCUT2D eigenvalue weighted by Crippen LogP contribution is -2.04. The highest BCUT2D eigenvalue weighted by Crippen LogP contribution is 2.25. The van der Waals surface area contributed by atoms with Crippen LogP contribution >= 0.6 is 11.5 Å². The molecule has 2 heterocycles. The first kappa shape index (κ1) is 10.7. The molecule has 2 aromatic heterocycles. The van der Waals surface area contributed by atoms with Crippen molar-refractivity contribution in [1.29, 1.82) is 0 Å². The number of carbonyl (C=O) groups is 1. The highest BCUT2D eigenvalue weighted by Gasteiger charge is 2.14. The van der Waals surface area contributed by atoms with E-state index in [1.165, 1.54) is 24.8 Å². The van der Waals surface area contributed by atoms with Crippen molar-refractivity contribution in [1.82, 2.24) is 14.5 Å². The summed E-state index contributed by atoms with van der Waals surface area (Å²) in [6.45, 7) is 3.75. The van der Waals surface area contributed by atoms with Gasteiger partial charge in [0.25, 0.3) is 0 Å². The minimum absolute atomic E-state index is 0.00172. The molecule has 0 aliphatic rings. The second-order valence-corrected chi connectivity index (χ2v) is 4.00. The number of rotatable bonds is 4. The highest BCUT2D eigenvalue weighted by molar-refractivity contribution is 7.10. The van der Waals surface area contributed by atoms with E-state index >= 15 is 0 Å². The van der Waals surface area contributed by atoms with Gasteiger partial charge in [0.05, 0.1) is 17.8 Å². The van der Waals surface area contributed by atoms with Gasteiger partial charge in [0.15, 0.2) is 11.6 Å². The maximum absolute atomic E-state index is 11.4. The molecule has 0 unspecified atom stereocenters. The number of carbonyl (C=O) groups excluding carboxylic acids is 1. The molecule has 2 aromatic rings.